The number of aryl methyl sites for hydroxylation is 1. The average molecular weight is 508 g/mol. The van der Waals surface area contributed by atoms with E-state index in [1.54, 1.807) is 6.92 Å². The Morgan fingerprint density at radius 2 is 1.69 bits per heavy atom. The van der Waals surface area contributed by atoms with Gasteiger partial charge in [0, 0.05) is 62.3 Å². The van der Waals surface area contributed by atoms with Crippen LogP contribution in [0.1, 0.15) is 63.0 Å². The third-order valence-electron chi connectivity index (χ3n) is 8.21. The molecule has 5 nitrogen and oxygen atoms in total. The average Bonchev–Trinajstić information content (AvgIpc) is 3.69. The Balaban J connectivity index is 1.43. The van der Waals surface area contributed by atoms with Gasteiger partial charge in [0.15, 0.2) is 0 Å². The Hall–Kier alpha value is -2.37. The van der Waals surface area contributed by atoms with Gasteiger partial charge in [0.25, 0.3) is 0 Å². The van der Waals surface area contributed by atoms with E-state index >= 15 is 0 Å². The number of rotatable bonds is 5. The van der Waals surface area contributed by atoms with Gasteiger partial charge < -0.3 is 9.80 Å². The number of para-hydroxylation sites is 1. The van der Waals surface area contributed by atoms with Crippen molar-refractivity contribution >= 4 is 29.1 Å². The largest absolute Gasteiger partial charge is 0.337 e. The van der Waals surface area contributed by atoms with Crippen molar-refractivity contribution in [3.63, 3.8) is 0 Å². The molecular weight excluding hydrogens is 470 g/mol. The van der Waals surface area contributed by atoms with E-state index in [0.717, 1.165) is 55.2 Å². The first-order valence-corrected chi connectivity index (χ1v) is 14.0. The molecule has 0 spiro atoms. The molecule has 2 aliphatic heterocycles. The van der Waals surface area contributed by atoms with Gasteiger partial charge in [-0.15, -0.1) is 0 Å². The molecule has 2 aromatic carbocycles. The predicted octanol–water partition coefficient (Wildman–Crippen LogP) is 5.69. The Labute approximate surface area is 220 Å². The maximum Gasteiger partial charge on any atom is 0.223 e. The molecule has 2 unspecified atom stereocenters. The van der Waals surface area contributed by atoms with Crippen molar-refractivity contribution in [3.8, 4) is 0 Å². The third kappa shape index (κ3) is 6.12. The number of benzene rings is 2. The maximum atomic E-state index is 13.7. The van der Waals surface area contributed by atoms with E-state index in [1.807, 2.05) is 47.4 Å². The maximum absolute atomic E-state index is 13.7. The number of carbonyl (C=O) groups is 2. The predicted molar refractivity (Wildman–Crippen MR) is 145 cm³/mol. The second-order valence-electron chi connectivity index (χ2n) is 10.9. The van der Waals surface area contributed by atoms with E-state index in [9.17, 15) is 9.59 Å². The second-order valence-corrected chi connectivity index (χ2v) is 11.3. The molecule has 1 aliphatic carbocycles. The van der Waals surface area contributed by atoms with Gasteiger partial charge in [0.2, 0.25) is 11.8 Å². The number of amides is 2. The summed E-state index contributed by atoms with van der Waals surface area (Å²) in [5, 5.41) is 0.714. The van der Waals surface area contributed by atoms with Crippen LogP contribution in [0.25, 0.3) is 0 Å². The number of hydrogen-bond acceptors (Lipinski definition) is 3. The molecule has 2 atom stereocenters. The van der Waals surface area contributed by atoms with Crippen molar-refractivity contribution in [1.29, 1.82) is 0 Å². The van der Waals surface area contributed by atoms with Crippen LogP contribution in [-0.4, -0.2) is 53.3 Å². The Morgan fingerprint density at radius 3 is 2.44 bits per heavy atom. The van der Waals surface area contributed by atoms with Crippen LogP contribution in [0.15, 0.2) is 48.5 Å². The summed E-state index contributed by atoms with van der Waals surface area (Å²) in [7, 11) is 0. The molecule has 2 heterocycles. The summed E-state index contributed by atoms with van der Waals surface area (Å²) in [5.74, 6) is 1.05. The summed E-state index contributed by atoms with van der Waals surface area (Å²) in [4.78, 5) is 33.2. The van der Waals surface area contributed by atoms with Crippen LogP contribution >= 0.6 is 11.6 Å². The Kier molecular flexibility index (Phi) is 7.97. The van der Waals surface area contributed by atoms with Crippen LogP contribution in [0, 0.1) is 5.92 Å². The molecule has 192 valence electrons. The van der Waals surface area contributed by atoms with E-state index in [0.29, 0.717) is 36.5 Å². The number of carbonyl (C=O) groups excluding carboxylic acids is 2. The lowest BCUT2D eigenvalue weighted by Gasteiger charge is -2.44. The zero-order valence-electron chi connectivity index (χ0n) is 21.4. The lowest BCUT2D eigenvalue weighted by Crippen LogP contribution is -2.53. The summed E-state index contributed by atoms with van der Waals surface area (Å²) < 4.78 is 0. The molecule has 1 saturated carbocycles. The highest BCUT2D eigenvalue weighted by molar-refractivity contribution is 6.30. The smallest absolute Gasteiger partial charge is 0.223 e. The van der Waals surface area contributed by atoms with E-state index in [2.05, 4.69) is 15.9 Å². The van der Waals surface area contributed by atoms with Gasteiger partial charge in [-0.3, -0.25) is 14.5 Å². The SMILES string of the molecule is CC(=O)N1CCC2CCCC(CN(C(=O)CCc3ccc(Cl)cc3)Cc3ccccc31)N2CC1CC1. The highest BCUT2D eigenvalue weighted by Gasteiger charge is 2.37. The lowest BCUT2D eigenvalue weighted by molar-refractivity contribution is -0.133. The molecule has 0 aromatic heterocycles. The van der Waals surface area contributed by atoms with Crippen molar-refractivity contribution in [2.75, 3.05) is 24.5 Å². The van der Waals surface area contributed by atoms with Gasteiger partial charge in [0.05, 0.1) is 0 Å². The number of nitrogens with zero attached hydrogens (tertiary/aromatic N) is 3. The molecule has 0 N–H and O–H groups in total. The van der Waals surface area contributed by atoms with E-state index in [-0.39, 0.29) is 11.8 Å². The number of fused-ring (bicyclic) bond motifs is 3. The quantitative estimate of drug-likeness (QED) is 0.522. The van der Waals surface area contributed by atoms with E-state index in [4.69, 9.17) is 11.6 Å². The van der Waals surface area contributed by atoms with E-state index in [1.165, 1.54) is 25.7 Å². The zero-order valence-corrected chi connectivity index (χ0v) is 22.1. The minimum absolute atomic E-state index is 0.0726. The first-order chi connectivity index (χ1) is 17.5. The normalized spacial score (nSPS) is 23.1. The highest BCUT2D eigenvalue weighted by atomic mass is 35.5. The van der Waals surface area contributed by atoms with Crippen molar-refractivity contribution < 1.29 is 9.59 Å². The number of hydrogen-bond donors (Lipinski definition) is 0. The van der Waals surface area contributed by atoms with Gasteiger partial charge in [0.1, 0.15) is 0 Å². The number of anilines is 1. The molecule has 5 rings (SSSR count). The lowest BCUT2D eigenvalue weighted by atomic mass is 9.92. The molecule has 0 radical (unpaired) electrons. The molecule has 36 heavy (non-hydrogen) atoms. The van der Waals surface area contributed by atoms with Crippen molar-refractivity contribution in [2.45, 2.75) is 76.9 Å². The molecule has 1 saturated heterocycles. The second kappa shape index (κ2) is 11.4. The molecule has 2 amide bonds. The standard InChI is InChI=1S/C30H38ClN3O2/c1-22(35)33-18-17-27-6-4-7-28(34(27)19-24-9-10-24)21-32(20-25-5-2-3-8-29(25)33)30(36)16-13-23-11-14-26(31)15-12-23/h2-3,5,8,11-12,14-15,24,27-28H,4,6-7,9-10,13,16-21H2,1H3. The third-order valence-corrected chi connectivity index (χ3v) is 8.46. The van der Waals surface area contributed by atoms with Crippen LogP contribution in [0.3, 0.4) is 0 Å². The highest BCUT2D eigenvalue weighted by Crippen LogP contribution is 2.36. The van der Waals surface area contributed by atoms with E-state index < -0.39 is 0 Å². The van der Waals surface area contributed by atoms with Gasteiger partial charge >= 0.3 is 0 Å². The molecular formula is C30H38ClN3O2. The minimum Gasteiger partial charge on any atom is -0.337 e. The fourth-order valence-corrected chi connectivity index (χ4v) is 6.16. The van der Waals surface area contributed by atoms with Crippen LogP contribution in [-0.2, 0) is 22.6 Å². The zero-order chi connectivity index (χ0) is 25.1. The van der Waals surface area contributed by atoms with Crippen LogP contribution in [0.2, 0.25) is 5.02 Å². The summed E-state index contributed by atoms with van der Waals surface area (Å²) in [6, 6.07) is 16.8. The number of halogens is 1. The fraction of sp³-hybridized carbons (Fsp3) is 0.533. The van der Waals surface area contributed by atoms with Gasteiger partial charge in [-0.05, 0) is 73.8 Å². The molecule has 2 aromatic rings. The van der Waals surface area contributed by atoms with Crippen LogP contribution in [0.4, 0.5) is 5.69 Å². The minimum atomic E-state index is 0.0726. The van der Waals surface area contributed by atoms with Gasteiger partial charge in [-0.2, -0.15) is 0 Å². The molecule has 3 aliphatic rings. The summed E-state index contributed by atoms with van der Waals surface area (Å²) in [5.41, 5.74) is 3.13. The van der Waals surface area contributed by atoms with Crippen molar-refractivity contribution in [2.24, 2.45) is 5.92 Å². The van der Waals surface area contributed by atoms with Gasteiger partial charge in [-0.1, -0.05) is 48.4 Å². The molecule has 2 fully saturated rings. The van der Waals surface area contributed by atoms with Crippen molar-refractivity contribution in [1.82, 2.24) is 9.80 Å². The fourth-order valence-electron chi connectivity index (χ4n) is 6.03. The summed E-state index contributed by atoms with van der Waals surface area (Å²) in [6.07, 6.45) is 8.32. The first kappa shape index (κ1) is 25.3. The Bertz CT molecular complexity index is 1070. The van der Waals surface area contributed by atoms with Crippen LogP contribution in [0.5, 0.6) is 0 Å². The molecule has 2 bridgehead atoms. The molecule has 6 heteroatoms. The summed E-state index contributed by atoms with van der Waals surface area (Å²) in [6.45, 7) is 4.83. The first-order valence-electron chi connectivity index (χ1n) is 13.6. The van der Waals surface area contributed by atoms with Crippen LogP contribution < -0.4 is 4.90 Å². The summed E-state index contributed by atoms with van der Waals surface area (Å²) >= 11 is 6.05. The monoisotopic (exact) mass is 507 g/mol. The number of piperidine rings is 1. The van der Waals surface area contributed by atoms with Crippen molar-refractivity contribution in [3.05, 3.63) is 64.7 Å². The topological polar surface area (TPSA) is 43.9 Å². The van der Waals surface area contributed by atoms with Gasteiger partial charge in [-0.25, -0.2) is 0 Å². The Morgan fingerprint density at radius 1 is 0.944 bits per heavy atom.